The lowest BCUT2D eigenvalue weighted by molar-refractivity contribution is -0.193. The predicted octanol–water partition coefficient (Wildman–Crippen LogP) is 3.89. The van der Waals surface area contributed by atoms with E-state index >= 15 is 0 Å². The number of carbonyl (C=O) groups is 2. The largest absolute Gasteiger partial charge is 0.490 e. The first-order valence-electron chi connectivity index (χ1n) is 10.7. The second-order valence-electron chi connectivity index (χ2n) is 8.05. The molecule has 2 saturated heterocycles. The third kappa shape index (κ3) is 9.55. The number of halogens is 6. The van der Waals surface area contributed by atoms with Gasteiger partial charge in [-0.1, -0.05) is 6.07 Å². The molecule has 210 valence electrons. The number of methoxy groups -OCH3 is 1. The number of pyridine rings is 2. The summed E-state index contributed by atoms with van der Waals surface area (Å²) in [7, 11) is 1.68. The van der Waals surface area contributed by atoms with E-state index in [4.69, 9.17) is 29.3 Å². The number of ether oxygens (including phenoxy) is 2. The van der Waals surface area contributed by atoms with E-state index in [1.807, 2.05) is 30.0 Å². The molecule has 0 saturated carbocycles. The SMILES string of the molecule is COc1ncccc1CN1CC2(CC(Oc3cccnc3)CS2)C1.O=C(O)C(F)(F)F.O=C(O)C(F)(F)F. The lowest BCUT2D eigenvalue weighted by Crippen LogP contribution is -2.58. The average molecular weight is 571 g/mol. The molecule has 2 aromatic rings. The number of carboxylic acid groups (broad SMARTS) is 2. The molecule has 2 aromatic heterocycles. The van der Waals surface area contributed by atoms with Crippen LogP contribution in [0.3, 0.4) is 0 Å². The van der Waals surface area contributed by atoms with E-state index in [1.165, 1.54) is 0 Å². The summed E-state index contributed by atoms with van der Waals surface area (Å²) >= 11 is 2.05. The van der Waals surface area contributed by atoms with E-state index < -0.39 is 24.3 Å². The normalized spacial score (nSPS) is 18.2. The minimum atomic E-state index is -5.08. The van der Waals surface area contributed by atoms with Crippen LogP contribution in [-0.4, -0.2) is 86.2 Å². The quantitative estimate of drug-likeness (QED) is 0.511. The first-order valence-corrected chi connectivity index (χ1v) is 11.6. The maximum atomic E-state index is 10.6. The Labute approximate surface area is 216 Å². The van der Waals surface area contributed by atoms with Gasteiger partial charge in [-0.15, -0.1) is 11.8 Å². The molecule has 16 heteroatoms. The van der Waals surface area contributed by atoms with Crippen LogP contribution < -0.4 is 9.47 Å². The first-order chi connectivity index (χ1) is 17.6. The fourth-order valence-electron chi connectivity index (χ4n) is 3.56. The zero-order valence-corrected chi connectivity index (χ0v) is 20.5. The van der Waals surface area contributed by atoms with Gasteiger partial charge in [-0.25, -0.2) is 14.6 Å². The predicted molar refractivity (Wildman–Crippen MR) is 122 cm³/mol. The molecular weight excluding hydrogens is 548 g/mol. The van der Waals surface area contributed by atoms with Crippen LogP contribution in [0.2, 0.25) is 0 Å². The fraction of sp³-hybridized carbons (Fsp3) is 0.455. The van der Waals surface area contributed by atoms with Gasteiger partial charge in [0.05, 0.1) is 13.3 Å². The van der Waals surface area contributed by atoms with Crippen molar-refractivity contribution in [3.05, 3.63) is 48.4 Å². The molecule has 4 heterocycles. The molecule has 2 N–H and O–H groups in total. The van der Waals surface area contributed by atoms with Crippen LogP contribution >= 0.6 is 11.8 Å². The van der Waals surface area contributed by atoms with Gasteiger partial charge >= 0.3 is 24.3 Å². The molecule has 0 radical (unpaired) electrons. The second kappa shape index (κ2) is 13.0. The van der Waals surface area contributed by atoms with Gasteiger partial charge < -0.3 is 19.7 Å². The molecule has 2 aliphatic heterocycles. The summed E-state index contributed by atoms with van der Waals surface area (Å²) in [5.41, 5.74) is 1.15. The van der Waals surface area contributed by atoms with E-state index in [0.717, 1.165) is 49.0 Å². The Kier molecular flexibility index (Phi) is 10.6. The molecule has 1 unspecified atom stereocenters. The number of hydrogen-bond acceptors (Lipinski definition) is 8. The molecule has 0 bridgehead atoms. The molecular formula is C22H23F6N3O6S. The number of aromatic nitrogens is 2. The first kappa shape index (κ1) is 31.0. The van der Waals surface area contributed by atoms with Gasteiger partial charge in [-0.2, -0.15) is 26.3 Å². The van der Waals surface area contributed by atoms with Gasteiger partial charge in [0, 0.05) is 54.5 Å². The molecule has 2 fully saturated rings. The van der Waals surface area contributed by atoms with Crippen LogP contribution in [0.25, 0.3) is 0 Å². The molecule has 0 aromatic carbocycles. The molecule has 1 atom stereocenters. The van der Waals surface area contributed by atoms with Crippen molar-refractivity contribution in [1.82, 2.24) is 14.9 Å². The van der Waals surface area contributed by atoms with Gasteiger partial charge in [0.15, 0.2) is 0 Å². The van der Waals surface area contributed by atoms with Crippen molar-refractivity contribution in [2.24, 2.45) is 0 Å². The van der Waals surface area contributed by atoms with Gasteiger partial charge in [-0.05, 0) is 18.2 Å². The standard InChI is InChI=1S/C18H21N3O2S.2C2HF3O2/c1-22-17-14(4-2-7-20-17)10-21-12-18(13-21)8-16(11-24-18)23-15-5-3-6-19-9-15;2*3-2(4,5)1(6)7/h2-7,9,16H,8,10-13H2,1H3;2*(H,6,7). The maximum Gasteiger partial charge on any atom is 0.490 e. The highest BCUT2D eigenvalue weighted by molar-refractivity contribution is 8.01. The minimum absolute atomic E-state index is 0.286. The molecule has 1 spiro atoms. The minimum Gasteiger partial charge on any atom is -0.488 e. The number of rotatable bonds is 5. The summed E-state index contributed by atoms with van der Waals surface area (Å²) in [4.78, 5) is 28.6. The summed E-state index contributed by atoms with van der Waals surface area (Å²) in [5, 5.41) is 14.2. The van der Waals surface area contributed by atoms with Gasteiger partial charge in [0.1, 0.15) is 11.9 Å². The highest BCUT2D eigenvalue weighted by Crippen LogP contribution is 2.46. The van der Waals surface area contributed by atoms with Gasteiger partial charge in [0.2, 0.25) is 5.88 Å². The summed E-state index contributed by atoms with van der Waals surface area (Å²) in [5.74, 6) is -2.86. The van der Waals surface area contributed by atoms with E-state index in [2.05, 4.69) is 20.9 Å². The number of alkyl halides is 6. The maximum absolute atomic E-state index is 10.6. The number of likely N-dealkylation sites (tertiary alicyclic amines) is 1. The smallest absolute Gasteiger partial charge is 0.488 e. The van der Waals surface area contributed by atoms with Crippen LogP contribution in [0.5, 0.6) is 11.6 Å². The molecule has 0 aliphatic carbocycles. The van der Waals surface area contributed by atoms with Gasteiger partial charge in [0.25, 0.3) is 0 Å². The third-order valence-electron chi connectivity index (χ3n) is 5.06. The van der Waals surface area contributed by atoms with E-state index in [9.17, 15) is 26.3 Å². The summed E-state index contributed by atoms with van der Waals surface area (Å²) in [6.45, 7) is 3.10. The van der Waals surface area contributed by atoms with E-state index in [1.54, 1.807) is 25.7 Å². The van der Waals surface area contributed by atoms with E-state index in [-0.39, 0.29) is 6.10 Å². The number of carboxylic acids is 2. The Balaban J connectivity index is 0.000000301. The van der Waals surface area contributed by atoms with Crippen LogP contribution in [0, 0.1) is 0 Å². The van der Waals surface area contributed by atoms with Gasteiger partial charge in [-0.3, -0.25) is 9.88 Å². The fourth-order valence-corrected chi connectivity index (χ4v) is 5.13. The molecule has 38 heavy (non-hydrogen) atoms. The van der Waals surface area contributed by atoms with Crippen LogP contribution in [-0.2, 0) is 16.1 Å². The molecule has 0 amide bonds. The second-order valence-corrected chi connectivity index (χ2v) is 9.54. The van der Waals surface area contributed by atoms with Crippen molar-refractivity contribution in [3.63, 3.8) is 0 Å². The topological polar surface area (TPSA) is 122 Å². The summed E-state index contributed by atoms with van der Waals surface area (Å²) in [6.07, 6.45) is -3.44. The van der Waals surface area contributed by atoms with Crippen LogP contribution in [0.15, 0.2) is 42.9 Å². The number of thioether (sulfide) groups is 1. The zero-order chi connectivity index (χ0) is 28.6. The number of aliphatic carboxylic acids is 2. The Hall–Kier alpha value is -3.27. The van der Waals surface area contributed by atoms with Crippen molar-refractivity contribution < 1.29 is 55.6 Å². The lowest BCUT2D eigenvalue weighted by atomic mass is 9.92. The Bertz CT molecular complexity index is 1040. The highest BCUT2D eigenvalue weighted by Gasteiger charge is 2.49. The Morgan fingerprint density at radius 2 is 1.66 bits per heavy atom. The summed E-state index contributed by atoms with van der Waals surface area (Å²) < 4.78 is 75.2. The molecule has 4 rings (SSSR count). The molecule has 2 aliphatic rings. The van der Waals surface area contributed by atoms with Crippen molar-refractivity contribution in [3.8, 4) is 11.6 Å². The highest BCUT2D eigenvalue weighted by atomic mass is 32.2. The summed E-state index contributed by atoms with van der Waals surface area (Å²) in [6, 6.07) is 7.95. The Morgan fingerprint density at radius 3 is 2.16 bits per heavy atom. The number of nitrogens with zero attached hydrogens (tertiary/aromatic N) is 3. The number of hydrogen-bond donors (Lipinski definition) is 2. The average Bonchev–Trinajstić information content (AvgIpc) is 3.23. The van der Waals surface area contributed by atoms with Crippen molar-refractivity contribution >= 4 is 23.7 Å². The zero-order valence-electron chi connectivity index (χ0n) is 19.7. The lowest BCUT2D eigenvalue weighted by Gasteiger charge is -2.47. The van der Waals surface area contributed by atoms with Crippen molar-refractivity contribution in [2.45, 2.75) is 36.2 Å². The Morgan fingerprint density at radius 1 is 1.08 bits per heavy atom. The monoisotopic (exact) mass is 571 g/mol. The van der Waals surface area contributed by atoms with E-state index in [0.29, 0.717) is 4.75 Å². The molecule has 9 nitrogen and oxygen atoms in total. The van der Waals surface area contributed by atoms with Crippen molar-refractivity contribution in [1.29, 1.82) is 0 Å². The van der Waals surface area contributed by atoms with Crippen LogP contribution in [0.4, 0.5) is 26.3 Å². The van der Waals surface area contributed by atoms with Crippen LogP contribution in [0.1, 0.15) is 12.0 Å². The van der Waals surface area contributed by atoms with Crippen molar-refractivity contribution in [2.75, 3.05) is 26.0 Å². The third-order valence-corrected chi connectivity index (χ3v) is 6.63.